The van der Waals surface area contributed by atoms with Crippen molar-refractivity contribution >= 4 is 27.3 Å². The molecule has 1 aromatic heterocycles. The number of hydrogen-bond donors (Lipinski definition) is 1. The van der Waals surface area contributed by atoms with E-state index in [0.717, 1.165) is 24.2 Å². The minimum Gasteiger partial charge on any atom is -0.375 e. The molecule has 0 saturated heterocycles. The van der Waals surface area contributed by atoms with Gasteiger partial charge in [-0.05, 0) is 35.6 Å². The van der Waals surface area contributed by atoms with Crippen molar-refractivity contribution in [3.05, 3.63) is 56.2 Å². The van der Waals surface area contributed by atoms with E-state index in [1.165, 1.54) is 16.0 Å². The van der Waals surface area contributed by atoms with Gasteiger partial charge in [-0.3, -0.25) is 0 Å². The van der Waals surface area contributed by atoms with E-state index in [0.29, 0.717) is 6.61 Å². The molecule has 0 unspecified atom stereocenters. The van der Waals surface area contributed by atoms with Gasteiger partial charge in [-0.2, -0.15) is 0 Å². The Bertz CT molecular complexity index is 512. The third-order valence-electron chi connectivity index (χ3n) is 2.89. The summed E-state index contributed by atoms with van der Waals surface area (Å²) in [5.74, 6) is 0. The molecule has 0 atom stereocenters. The van der Waals surface area contributed by atoms with E-state index in [1.54, 1.807) is 11.3 Å². The predicted octanol–water partition coefficient (Wildman–Crippen LogP) is 4.13. The molecule has 0 aliphatic rings. The van der Waals surface area contributed by atoms with Crippen LogP contribution in [0.25, 0.3) is 0 Å². The second kappa shape index (κ2) is 7.80. The summed E-state index contributed by atoms with van der Waals surface area (Å²) in [6.07, 6.45) is 0. The van der Waals surface area contributed by atoms with Gasteiger partial charge in [0.1, 0.15) is 0 Å². The normalized spacial score (nSPS) is 10.8. The van der Waals surface area contributed by atoms with Gasteiger partial charge in [-0.15, -0.1) is 11.3 Å². The van der Waals surface area contributed by atoms with Crippen LogP contribution >= 0.6 is 27.3 Å². The topological polar surface area (TPSA) is 21.3 Å². The summed E-state index contributed by atoms with van der Waals surface area (Å²) in [6, 6.07) is 10.3. The monoisotopic (exact) mass is 339 g/mol. The maximum atomic E-state index is 5.66. The molecule has 2 nitrogen and oxygen atoms in total. The standard InChI is InChI=1S/C15H18BrNOS/c1-12-6-9-19-15(12)10-17-7-8-18-11-13-4-2-3-5-14(13)16/h2-6,9,17H,7-8,10-11H2,1H3. The van der Waals surface area contributed by atoms with E-state index in [2.05, 4.69) is 45.7 Å². The summed E-state index contributed by atoms with van der Waals surface area (Å²) < 4.78 is 6.77. The first-order chi connectivity index (χ1) is 9.27. The van der Waals surface area contributed by atoms with E-state index in [-0.39, 0.29) is 0 Å². The molecule has 0 spiro atoms. The Kier molecular flexibility index (Phi) is 6.04. The fraction of sp³-hybridized carbons (Fsp3) is 0.333. The average Bonchev–Trinajstić information content (AvgIpc) is 2.81. The number of benzene rings is 1. The molecule has 2 rings (SSSR count). The molecule has 0 amide bonds. The van der Waals surface area contributed by atoms with Gasteiger partial charge in [-0.1, -0.05) is 34.1 Å². The van der Waals surface area contributed by atoms with Gasteiger partial charge < -0.3 is 10.1 Å². The van der Waals surface area contributed by atoms with Crippen LogP contribution in [0.4, 0.5) is 0 Å². The van der Waals surface area contributed by atoms with E-state index in [1.807, 2.05) is 18.2 Å². The summed E-state index contributed by atoms with van der Waals surface area (Å²) in [7, 11) is 0. The minimum atomic E-state index is 0.654. The molecular formula is C15H18BrNOS. The van der Waals surface area contributed by atoms with Crippen molar-refractivity contribution in [2.75, 3.05) is 13.2 Å². The Hall–Kier alpha value is -0.680. The van der Waals surface area contributed by atoms with Crippen molar-refractivity contribution in [3.63, 3.8) is 0 Å². The van der Waals surface area contributed by atoms with Crippen LogP contribution in [0, 0.1) is 6.92 Å². The summed E-state index contributed by atoms with van der Waals surface area (Å²) in [4.78, 5) is 1.41. The second-order valence-electron chi connectivity index (χ2n) is 4.35. The summed E-state index contributed by atoms with van der Waals surface area (Å²) >= 11 is 5.32. The smallest absolute Gasteiger partial charge is 0.0728 e. The molecular weight excluding hydrogens is 322 g/mol. The van der Waals surface area contributed by atoms with Gasteiger partial charge in [0.15, 0.2) is 0 Å². The molecule has 2 aromatic rings. The fourth-order valence-electron chi connectivity index (χ4n) is 1.73. The highest BCUT2D eigenvalue weighted by Crippen LogP contribution is 2.16. The van der Waals surface area contributed by atoms with Crippen LogP contribution in [-0.2, 0) is 17.9 Å². The summed E-state index contributed by atoms with van der Waals surface area (Å²) in [5.41, 5.74) is 2.56. The lowest BCUT2D eigenvalue weighted by Gasteiger charge is -2.07. The van der Waals surface area contributed by atoms with Crippen LogP contribution in [0.3, 0.4) is 0 Å². The molecule has 0 aliphatic carbocycles. The largest absolute Gasteiger partial charge is 0.375 e. The molecule has 1 heterocycles. The predicted molar refractivity (Wildman–Crippen MR) is 84.6 cm³/mol. The second-order valence-corrected chi connectivity index (χ2v) is 6.20. The molecule has 1 aromatic carbocycles. The van der Waals surface area contributed by atoms with Gasteiger partial charge in [0.25, 0.3) is 0 Å². The minimum absolute atomic E-state index is 0.654. The highest BCUT2D eigenvalue weighted by atomic mass is 79.9. The number of thiophene rings is 1. The van der Waals surface area contributed by atoms with E-state index in [4.69, 9.17) is 4.74 Å². The van der Waals surface area contributed by atoms with Crippen molar-refractivity contribution in [2.24, 2.45) is 0 Å². The lowest BCUT2D eigenvalue weighted by molar-refractivity contribution is 0.122. The molecule has 0 radical (unpaired) electrons. The highest BCUT2D eigenvalue weighted by Gasteiger charge is 2.00. The van der Waals surface area contributed by atoms with Gasteiger partial charge in [0.2, 0.25) is 0 Å². The maximum Gasteiger partial charge on any atom is 0.0728 e. The van der Waals surface area contributed by atoms with Crippen LogP contribution in [0.15, 0.2) is 40.2 Å². The Morgan fingerprint density at radius 3 is 2.84 bits per heavy atom. The molecule has 4 heteroatoms. The number of aryl methyl sites for hydroxylation is 1. The zero-order chi connectivity index (χ0) is 13.5. The molecule has 0 aliphatic heterocycles. The zero-order valence-electron chi connectivity index (χ0n) is 11.0. The molecule has 1 N–H and O–H groups in total. The Labute approximate surface area is 126 Å². The Morgan fingerprint density at radius 1 is 1.26 bits per heavy atom. The van der Waals surface area contributed by atoms with Gasteiger partial charge in [0.05, 0.1) is 13.2 Å². The molecule has 19 heavy (non-hydrogen) atoms. The molecule has 0 saturated carbocycles. The van der Waals surface area contributed by atoms with Crippen LogP contribution in [0.1, 0.15) is 16.0 Å². The van der Waals surface area contributed by atoms with E-state index >= 15 is 0 Å². The van der Waals surface area contributed by atoms with E-state index < -0.39 is 0 Å². The lowest BCUT2D eigenvalue weighted by Crippen LogP contribution is -2.19. The molecule has 0 bridgehead atoms. The van der Waals surface area contributed by atoms with Crippen molar-refractivity contribution in [1.29, 1.82) is 0 Å². The third-order valence-corrected chi connectivity index (χ3v) is 4.69. The van der Waals surface area contributed by atoms with Crippen molar-refractivity contribution in [2.45, 2.75) is 20.1 Å². The third kappa shape index (κ3) is 4.73. The van der Waals surface area contributed by atoms with Crippen molar-refractivity contribution in [1.82, 2.24) is 5.32 Å². The first kappa shape index (κ1) is 14.7. The zero-order valence-corrected chi connectivity index (χ0v) is 13.4. The maximum absolute atomic E-state index is 5.66. The number of hydrogen-bond acceptors (Lipinski definition) is 3. The van der Waals surface area contributed by atoms with Gasteiger partial charge in [-0.25, -0.2) is 0 Å². The van der Waals surface area contributed by atoms with Gasteiger partial charge in [0, 0.05) is 22.4 Å². The number of ether oxygens (including phenoxy) is 1. The number of nitrogens with one attached hydrogen (secondary N) is 1. The quantitative estimate of drug-likeness (QED) is 0.766. The summed E-state index contributed by atoms with van der Waals surface area (Å²) in [5, 5.41) is 5.54. The molecule has 0 fully saturated rings. The van der Waals surface area contributed by atoms with Crippen molar-refractivity contribution < 1.29 is 4.74 Å². The van der Waals surface area contributed by atoms with Gasteiger partial charge >= 0.3 is 0 Å². The van der Waals surface area contributed by atoms with Crippen LogP contribution in [0.5, 0.6) is 0 Å². The lowest BCUT2D eigenvalue weighted by atomic mass is 10.2. The number of halogens is 1. The SMILES string of the molecule is Cc1ccsc1CNCCOCc1ccccc1Br. The Balaban J connectivity index is 1.60. The Morgan fingerprint density at radius 2 is 2.11 bits per heavy atom. The molecule has 102 valence electrons. The average molecular weight is 340 g/mol. The van der Waals surface area contributed by atoms with Crippen LogP contribution in [0.2, 0.25) is 0 Å². The fourth-order valence-corrected chi connectivity index (χ4v) is 3.00. The van der Waals surface area contributed by atoms with Crippen LogP contribution in [-0.4, -0.2) is 13.2 Å². The van der Waals surface area contributed by atoms with Crippen molar-refractivity contribution in [3.8, 4) is 0 Å². The first-order valence-corrected chi connectivity index (χ1v) is 7.99. The first-order valence-electron chi connectivity index (χ1n) is 6.32. The highest BCUT2D eigenvalue weighted by molar-refractivity contribution is 9.10. The summed E-state index contributed by atoms with van der Waals surface area (Å²) in [6.45, 7) is 5.34. The van der Waals surface area contributed by atoms with Crippen LogP contribution < -0.4 is 5.32 Å². The number of rotatable bonds is 7. The van der Waals surface area contributed by atoms with E-state index in [9.17, 15) is 0 Å².